The van der Waals surface area contributed by atoms with E-state index in [0.717, 1.165) is 25.9 Å². The summed E-state index contributed by atoms with van der Waals surface area (Å²) in [6.07, 6.45) is 4.51. The molecule has 0 unspecified atom stereocenters. The van der Waals surface area contributed by atoms with E-state index >= 15 is 0 Å². The molecule has 116 valence electrons. The Morgan fingerprint density at radius 3 is 2.60 bits per heavy atom. The number of likely N-dealkylation sites (tertiary alicyclic amines) is 1. The fourth-order valence-electron chi connectivity index (χ4n) is 2.21. The van der Waals surface area contributed by atoms with Gasteiger partial charge in [-0.2, -0.15) is 11.8 Å². The molecule has 2 amide bonds. The maximum Gasteiger partial charge on any atom is 0.326 e. The average Bonchev–Trinajstić information content (AvgIpc) is 2.42. The molecule has 0 bridgehead atoms. The molecule has 1 fully saturated rings. The second-order valence-electron chi connectivity index (χ2n) is 5.27. The van der Waals surface area contributed by atoms with Crippen molar-refractivity contribution in [3.63, 3.8) is 0 Å². The molecule has 1 atom stereocenters. The van der Waals surface area contributed by atoms with Gasteiger partial charge in [0.05, 0.1) is 0 Å². The first-order valence-corrected chi connectivity index (χ1v) is 8.37. The molecule has 1 rings (SSSR count). The second-order valence-corrected chi connectivity index (χ2v) is 6.26. The number of nitrogens with one attached hydrogen (secondary N) is 2. The largest absolute Gasteiger partial charge is 0.480 e. The quantitative estimate of drug-likeness (QED) is 0.649. The van der Waals surface area contributed by atoms with E-state index in [0.29, 0.717) is 24.6 Å². The van der Waals surface area contributed by atoms with Gasteiger partial charge in [-0.05, 0) is 57.3 Å². The number of carbonyl (C=O) groups excluding carboxylic acids is 1. The Kier molecular flexibility index (Phi) is 7.76. The van der Waals surface area contributed by atoms with Crippen LogP contribution < -0.4 is 10.6 Å². The van der Waals surface area contributed by atoms with Gasteiger partial charge in [0.1, 0.15) is 6.04 Å². The summed E-state index contributed by atoms with van der Waals surface area (Å²) < 4.78 is 0. The molecule has 6 nitrogen and oxygen atoms in total. The minimum atomic E-state index is -0.978. The van der Waals surface area contributed by atoms with Crippen LogP contribution in [-0.2, 0) is 4.79 Å². The first kappa shape index (κ1) is 17.1. The zero-order valence-corrected chi connectivity index (χ0v) is 13.0. The lowest BCUT2D eigenvalue weighted by Gasteiger charge is -2.29. The van der Waals surface area contributed by atoms with E-state index in [-0.39, 0.29) is 6.03 Å². The molecule has 1 aliphatic rings. The van der Waals surface area contributed by atoms with Crippen molar-refractivity contribution in [2.24, 2.45) is 5.92 Å². The van der Waals surface area contributed by atoms with Gasteiger partial charge in [-0.25, -0.2) is 9.59 Å². The van der Waals surface area contributed by atoms with Gasteiger partial charge in [-0.3, -0.25) is 0 Å². The zero-order valence-electron chi connectivity index (χ0n) is 12.2. The molecule has 0 aromatic heterocycles. The number of urea groups is 1. The topological polar surface area (TPSA) is 81.7 Å². The van der Waals surface area contributed by atoms with Gasteiger partial charge in [0.25, 0.3) is 0 Å². The summed E-state index contributed by atoms with van der Waals surface area (Å²) in [5.41, 5.74) is 0. The third-order valence-electron chi connectivity index (χ3n) is 3.60. The van der Waals surface area contributed by atoms with E-state index in [2.05, 4.69) is 22.6 Å². The molecule has 20 heavy (non-hydrogen) atoms. The second kappa shape index (κ2) is 9.07. The lowest BCUT2D eigenvalue weighted by molar-refractivity contribution is -0.139. The molecule has 0 radical (unpaired) electrons. The molecule has 1 aliphatic heterocycles. The molecule has 1 heterocycles. The van der Waals surface area contributed by atoms with Crippen molar-refractivity contribution in [3.05, 3.63) is 0 Å². The van der Waals surface area contributed by atoms with Crippen LogP contribution in [-0.4, -0.2) is 66.7 Å². The van der Waals surface area contributed by atoms with Crippen molar-refractivity contribution in [2.45, 2.75) is 25.3 Å². The lowest BCUT2D eigenvalue weighted by atomic mass is 9.97. The van der Waals surface area contributed by atoms with Gasteiger partial charge >= 0.3 is 12.0 Å². The molecule has 3 N–H and O–H groups in total. The van der Waals surface area contributed by atoms with Crippen LogP contribution in [0.15, 0.2) is 0 Å². The number of carboxylic acids is 1. The molecule has 0 aliphatic carbocycles. The Labute approximate surface area is 124 Å². The lowest BCUT2D eigenvalue weighted by Crippen LogP contribution is -2.48. The number of nitrogens with zero attached hydrogens (tertiary/aromatic N) is 1. The van der Waals surface area contributed by atoms with Crippen LogP contribution in [0.4, 0.5) is 4.79 Å². The van der Waals surface area contributed by atoms with Crippen molar-refractivity contribution in [2.75, 3.05) is 38.7 Å². The first-order chi connectivity index (χ1) is 9.52. The highest BCUT2D eigenvalue weighted by Gasteiger charge is 2.21. The summed E-state index contributed by atoms with van der Waals surface area (Å²) >= 11 is 1.57. The number of carboxylic acid groups (broad SMARTS) is 1. The van der Waals surface area contributed by atoms with Crippen LogP contribution >= 0.6 is 11.8 Å². The third kappa shape index (κ3) is 6.47. The zero-order chi connectivity index (χ0) is 15.0. The van der Waals surface area contributed by atoms with Gasteiger partial charge < -0.3 is 20.6 Å². The number of hydrogen-bond acceptors (Lipinski definition) is 4. The Bertz CT molecular complexity index is 320. The van der Waals surface area contributed by atoms with E-state index in [1.54, 1.807) is 11.8 Å². The number of aliphatic carboxylic acids is 1. The highest BCUT2D eigenvalue weighted by molar-refractivity contribution is 7.98. The monoisotopic (exact) mass is 303 g/mol. The highest BCUT2D eigenvalue weighted by Crippen LogP contribution is 2.14. The summed E-state index contributed by atoms with van der Waals surface area (Å²) in [6, 6.07) is -1.18. The Morgan fingerprint density at radius 2 is 2.05 bits per heavy atom. The molecule has 0 aromatic carbocycles. The normalized spacial score (nSPS) is 18.5. The van der Waals surface area contributed by atoms with Crippen LogP contribution in [0.2, 0.25) is 0 Å². The van der Waals surface area contributed by atoms with Gasteiger partial charge in [0.2, 0.25) is 0 Å². The van der Waals surface area contributed by atoms with Crippen LogP contribution in [0.25, 0.3) is 0 Å². The number of hydrogen-bond donors (Lipinski definition) is 3. The van der Waals surface area contributed by atoms with Gasteiger partial charge in [0.15, 0.2) is 0 Å². The average molecular weight is 303 g/mol. The number of amides is 2. The maximum atomic E-state index is 11.7. The number of thioether (sulfide) groups is 1. The highest BCUT2D eigenvalue weighted by atomic mass is 32.2. The van der Waals surface area contributed by atoms with E-state index in [9.17, 15) is 9.59 Å². The van der Waals surface area contributed by atoms with Crippen molar-refractivity contribution >= 4 is 23.8 Å². The third-order valence-corrected chi connectivity index (χ3v) is 4.25. The van der Waals surface area contributed by atoms with Gasteiger partial charge in [-0.15, -0.1) is 0 Å². The van der Waals surface area contributed by atoms with E-state index in [1.807, 2.05) is 6.26 Å². The molecule has 7 heteroatoms. The number of rotatable bonds is 7. The SMILES string of the molecule is CSCC[C@@H](NC(=O)NCC1CCN(C)CC1)C(=O)O. The molecule has 0 aromatic rings. The van der Waals surface area contributed by atoms with Crippen molar-refractivity contribution in [3.8, 4) is 0 Å². The van der Waals surface area contributed by atoms with Crippen molar-refractivity contribution < 1.29 is 14.7 Å². The molecular weight excluding hydrogens is 278 g/mol. The Morgan fingerprint density at radius 1 is 1.40 bits per heavy atom. The Balaban J connectivity index is 2.25. The molecule has 0 spiro atoms. The summed E-state index contributed by atoms with van der Waals surface area (Å²) in [7, 11) is 2.10. The fraction of sp³-hybridized carbons (Fsp3) is 0.846. The van der Waals surface area contributed by atoms with Gasteiger partial charge in [0, 0.05) is 6.54 Å². The summed E-state index contributed by atoms with van der Waals surface area (Å²) in [4.78, 5) is 25.0. The van der Waals surface area contributed by atoms with E-state index < -0.39 is 12.0 Å². The summed E-state index contributed by atoms with van der Waals surface area (Å²) in [5, 5.41) is 14.4. The van der Waals surface area contributed by atoms with Crippen LogP contribution in [0.1, 0.15) is 19.3 Å². The predicted molar refractivity (Wildman–Crippen MR) is 81.2 cm³/mol. The number of carbonyl (C=O) groups is 2. The van der Waals surface area contributed by atoms with Crippen LogP contribution in [0.5, 0.6) is 0 Å². The maximum absolute atomic E-state index is 11.7. The van der Waals surface area contributed by atoms with Crippen molar-refractivity contribution in [1.82, 2.24) is 15.5 Å². The minimum absolute atomic E-state index is 0.377. The van der Waals surface area contributed by atoms with Crippen LogP contribution in [0.3, 0.4) is 0 Å². The standard InChI is InChI=1S/C13H25N3O3S/c1-16-6-3-10(4-7-16)9-14-13(19)15-11(12(17)18)5-8-20-2/h10-11H,3-9H2,1-2H3,(H,17,18)(H2,14,15,19)/t11-/m1/s1. The fourth-order valence-corrected chi connectivity index (χ4v) is 2.68. The molecular formula is C13H25N3O3S. The minimum Gasteiger partial charge on any atom is -0.480 e. The first-order valence-electron chi connectivity index (χ1n) is 6.97. The van der Waals surface area contributed by atoms with Crippen molar-refractivity contribution in [1.29, 1.82) is 0 Å². The molecule has 0 saturated carbocycles. The van der Waals surface area contributed by atoms with Crippen LogP contribution in [0, 0.1) is 5.92 Å². The smallest absolute Gasteiger partial charge is 0.326 e. The Hall–Kier alpha value is -0.950. The summed E-state index contributed by atoms with van der Waals surface area (Å²) in [6.45, 7) is 2.73. The molecule has 1 saturated heterocycles. The van der Waals surface area contributed by atoms with Gasteiger partial charge in [-0.1, -0.05) is 0 Å². The summed E-state index contributed by atoms with van der Waals surface area (Å²) in [5.74, 6) is 0.228. The predicted octanol–water partition coefficient (Wildman–Crippen LogP) is 0.834. The van der Waals surface area contributed by atoms with E-state index in [1.165, 1.54) is 0 Å². The van der Waals surface area contributed by atoms with E-state index in [4.69, 9.17) is 5.11 Å². The number of piperidine rings is 1.